The van der Waals surface area contributed by atoms with Gasteiger partial charge in [0.2, 0.25) is 0 Å². The van der Waals surface area contributed by atoms with Gasteiger partial charge in [0.25, 0.3) is 5.91 Å². The van der Waals surface area contributed by atoms with E-state index in [0.29, 0.717) is 0 Å². The van der Waals surface area contributed by atoms with E-state index in [0.717, 1.165) is 7.11 Å². The molecule has 0 aliphatic heterocycles. The molecule has 2 atom stereocenters. The number of nitriles is 1. The first-order valence-electron chi connectivity index (χ1n) is 7.36. The molecule has 0 unspecified atom stereocenters. The summed E-state index contributed by atoms with van der Waals surface area (Å²) in [5, 5.41) is 10.7. The smallest absolute Gasteiger partial charge is 0.416 e. The first kappa shape index (κ1) is 22.3. The SMILES string of the molecule is COC(=O)[C@@H](NC(=O)c1cc(C(F)(F)F)cc(C(F)(F)F)c1)[C@H](C)CC#N. The van der Waals surface area contributed by atoms with E-state index in [-0.39, 0.29) is 24.6 Å². The summed E-state index contributed by atoms with van der Waals surface area (Å²) in [4.78, 5) is 23.9. The largest absolute Gasteiger partial charge is 0.467 e. The van der Waals surface area contributed by atoms with Crippen molar-refractivity contribution < 1.29 is 40.7 Å². The van der Waals surface area contributed by atoms with Crippen LogP contribution in [0, 0.1) is 17.2 Å². The zero-order valence-corrected chi connectivity index (χ0v) is 14.0. The van der Waals surface area contributed by atoms with Gasteiger partial charge in [-0.05, 0) is 18.2 Å². The van der Waals surface area contributed by atoms with Gasteiger partial charge in [0, 0.05) is 17.9 Å². The molecule has 0 radical (unpaired) electrons. The molecule has 1 amide bonds. The summed E-state index contributed by atoms with van der Waals surface area (Å²) in [7, 11) is 0.979. The molecule has 148 valence electrons. The number of nitrogens with one attached hydrogen (secondary N) is 1. The number of halogens is 6. The molecule has 0 heterocycles. The van der Waals surface area contributed by atoms with E-state index >= 15 is 0 Å². The summed E-state index contributed by atoms with van der Waals surface area (Å²) in [5.41, 5.74) is -4.26. The minimum Gasteiger partial charge on any atom is -0.467 e. The Morgan fingerprint density at radius 3 is 1.96 bits per heavy atom. The summed E-state index contributed by atoms with van der Waals surface area (Å²) < 4.78 is 81.6. The lowest BCUT2D eigenvalue weighted by Crippen LogP contribution is -2.45. The van der Waals surface area contributed by atoms with E-state index in [1.165, 1.54) is 6.92 Å². The fourth-order valence-corrected chi connectivity index (χ4v) is 2.13. The lowest BCUT2D eigenvalue weighted by Gasteiger charge is -2.21. The van der Waals surface area contributed by atoms with Crippen LogP contribution >= 0.6 is 0 Å². The fraction of sp³-hybridized carbons (Fsp3) is 0.438. The van der Waals surface area contributed by atoms with Crippen LogP contribution < -0.4 is 5.32 Å². The van der Waals surface area contributed by atoms with Crippen LogP contribution in [-0.4, -0.2) is 25.0 Å². The first-order chi connectivity index (χ1) is 12.3. The van der Waals surface area contributed by atoms with Gasteiger partial charge in [-0.2, -0.15) is 31.6 Å². The Balaban J connectivity index is 3.32. The van der Waals surface area contributed by atoms with Crippen LogP contribution in [0.1, 0.15) is 34.8 Å². The predicted octanol–water partition coefficient (Wildman–Crippen LogP) is 3.55. The molecule has 0 aliphatic rings. The third-order valence-electron chi connectivity index (χ3n) is 3.57. The monoisotopic (exact) mass is 396 g/mol. The molecule has 0 aromatic heterocycles. The average Bonchev–Trinajstić information content (AvgIpc) is 2.56. The van der Waals surface area contributed by atoms with Gasteiger partial charge in [0.15, 0.2) is 0 Å². The number of nitrogens with zero attached hydrogens (tertiary/aromatic N) is 1. The highest BCUT2D eigenvalue weighted by molar-refractivity contribution is 5.97. The van der Waals surface area contributed by atoms with E-state index in [1.54, 1.807) is 6.07 Å². The maximum Gasteiger partial charge on any atom is 0.416 e. The minimum atomic E-state index is -5.12. The van der Waals surface area contributed by atoms with Crippen LogP contribution in [0.15, 0.2) is 18.2 Å². The lowest BCUT2D eigenvalue weighted by molar-refractivity contribution is -0.145. The zero-order valence-electron chi connectivity index (χ0n) is 14.0. The summed E-state index contributed by atoms with van der Waals surface area (Å²) in [6.07, 6.45) is -10.4. The zero-order chi connectivity index (χ0) is 21.0. The molecular weight excluding hydrogens is 382 g/mol. The number of hydrogen-bond donors (Lipinski definition) is 1. The van der Waals surface area contributed by atoms with Gasteiger partial charge in [-0.1, -0.05) is 6.92 Å². The molecule has 1 aromatic carbocycles. The highest BCUT2D eigenvalue weighted by Gasteiger charge is 2.38. The number of hydrogen-bond acceptors (Lipinski definition) is 4. The summed E-state index contributed by atoms with van der Waals surface area (Å²) in [6, 6.07) is 0.686. The van der Waals surface area contributed by atoms with Gasteiger partial charge < -0.3 is 10.1 Å². The molecule has 0 saturated heterocycles. The lowest BCUT2D eigenvalue weighted by atomic mass is 9.98. The average molecular weight is 396 g/mol. The van der Waals surface area contributed by atoms with E-state index in [4.69, 9.17) is 5.26 Å². The van der Waals surface area contributed by atoms with Gasteiger partial charge in [-0.15, -0.1) is 0 Å². The summed E-state index contributed by atoms with van der Waals surface area (Å²) >= 11 is 0. The van der Waals surface area contributed by atoms with Gasteiger partial charge in [-0.25, -0.2) is 4.79 Å². The molecule has 1 N–H and O–H groups in total. The Morgan fingerprint density at radius 1 is 1.11 bits per heavy atom. The number of ether oxygens (including phenoxy) is 1. The van der Waals surface area contributed by atoms with Crippen molar-refractivity contribution in [3.63, 3.8) is 0 Å². The summed E-state index contributed by atoms with van der Waals surface area (Å²) in [5.74, 6) is -3.12. The Bertz CT molecular complexity index is 720. The third-order valence-corrected chi connectivity index (χ3v) is 3.57. The minimum absolute atomic E-state index is 0.118. The second kappa shape index (κ2) is 8.28. The number of carbonyl (C=O) groups is 2. The number of rotatable bonds is 5. The van der Waals surface area contributed by atoms with Crippen LogP contribution in [0.4, 0.5) is 26.3 Å². The highest BCUT2D eigenvalue weighted by Crippen LogP contribution is 2.36. The number of methoxy groups -OCH3 is 1. The van der Waals surface area contributed by atoms with E-state index < -0.39 is 52.9 Å². The molecule has 0 fully saturated rings. The first-order valence-corrected chi connectivity index (χ1v) is 7.36. The maximum absolute atomic E-state index is 12.9. The number of esters is 1. The van der Waals surface area contributed by atoms with Crippen molar-refractivity contribution in [2.24, 2.45) is 5.92 Å². The van der Waals surface area contributed by atoms with Crippen LogP contribution in [0.3, 0.4) is 0 Å². The molecule has 27 heavy (non-hydrogen) atoms. The van der Waals surface area contributed by atoms with Gasteiger partial charge in [-0.3, -0.25) is 4.79 Å². The Kier molecular flexibility index (Phi) is 6.83. The van der Waals surface area contributed by atoms with Crippen molar-refractivity contribution in [2.75, 3.05) is 7.11 Å². The van der Waals surface area contributed by atoms with E-state index in [1.807, 2.05) is 5.32 Å². The van der Waals surface area contributed by atoms with Gasteiger partial charge >= 0.3 is 18.3 Å². The maximum atomic E-state index is 12.9. The Labute approximate surface area is 149 Å². The molecule has 1 aromatic rings. The number of benzene rings is 1. The van der Waals surface area contributed by atoms with Crippen molar-refractivity contribution in [3.05, 3.63) is 34.9 Å². The van der Waals surface area contributed by atoms with Crippen LogP contribution in [0.25, 0.3) is 0 Å². The summed E-state index contributed by atoms with van der Waals surface area (Å²) in [6.45, 7) is 1.39. The molecule has 11 heteroatoms. The number of carbonyl (C=O) groups excluding carboxylic acids is 2. The van der Waals surface area contributed by atoms with Crippen molar-refractivity contribution in [1.29, 1.82) is 5.26 Å². The molecular formula is C16H14F6N2O3. The topological polar surface area (TPSA) is 79.2 Å². The highest BCUT2D eigenvalue weighted by atomic mass is 19.4. The number of alkyl halides is 6. The van der Waals surface area contributed by atoms with Crippen molar-refractivity contribution in [3.8, 4) is 6.07 Å². The second-order valence-electron chi connectivity index (χ2n) is 5.61. The molecule has 5 nitrogen and oxygen atoms in total. The van der Waals surface area contributed by atoms with Crippen LogP contribution in [-0.2, 0) is 21.9 Å². The van der Waals surface area contributed by atoms with Gasteiger partial charge in [0.1, 0.15) is 6.04 Å². The second-order valence-corrected chi connectivity index (χ2v) is 5.61. The van der Waals surface area contributed by atoms with Gasteiger partial charge in [0.05, 0.1) is 24.3 Å². The van der Waals surface area contributed by atoms with E-state index in [9.17, 15) is 35.9 Å². The third kappa shape index (κ3) is 5.87. The standard InChI is InChI=1S/C16H14F6N2O3/c1-8(3-4-23)12(14(26)27-2)24-13(25)9-5-10(15(17,18)19)7-11(6-9)16(20,21)22/h5-8,12H,3H2,1-2H3,(H,24,25)/t8-,12+/m1/s1. The van der Waals surface area contributed by atoms with E-state index in [2.05, 4.69) is 4.74 Å². The molecule has 0 bridgehead atoms. The molecule has 1 rings (SSSR count). The molecule has 0 saturated carbocycles. The Morgan fingerprint density at radius 2 is 1.59 bits per heavy atom. The fourth-order valence-electron chi connectivity index (χ4n) is 2.13. The van der Waals surface area contributed by atoms with Crippen molar-refractivity contribution >= 4 is 11.9 Å². The number of amides is 1. The molecule has 0 aliphatic carbocycles. The van der Waals surface area contributed by atoms with Crippen LogP contribution in [0.5, 0.6) is 0 Å². The van der Waals surface area contributed by atoms with Crippen molar-refractivity contribution in [1.82, 2.24) is 5.32 Å². The predicted molar refractivity (Wildman–Crippen MR) is 79.1 cm³/mol. The van der Waals surface area contributed by atoms with Crippen LogP contribution in [0.2, 0.25) is 0 Å². The quantitative estimate of drug-likeness (QED) is 0.610. The molecule has 0 spiro atoms. The van der Waals surface area contributed by atoms with Crippen molar-refractivity contribution in [2.45, 2.75) is 31.7 Å². The normalized spacial score (nSPS) is 14.0. The Hall–Kier alpha value is -2.77.